The summed E-state index contributed by atoms with van der Waals surface area (Å²) in [7, 11) is 3.88. The van der Waals surface area contributed by atoms with Crippen LogP contribution in [0.2, 0.25) is 0 Å². The molecule has 0 saturated carbocycles. The molecular weight excluding hydrogens is 218 g/mol. The molecule has 0 aliphatic carbocycles. The van der Waals surface area contributed by atoms with Gasteiger partial charge in [0, 0.05) is 25.4 Å². The predicted octanol–water partition coefficient (Wildman–Crippen LogP) is 1.35. The number of hydrogen-bond acceptors (Lipinski definition) is 3. The Kier molecular flexibility index (Phi) is 4.28. The Morgan fingerprint density at radius 2 is 2.24 bits per heavy atom. The summed E-state index contributed by atoms with van der Waals surface area (Å²) in [5.74, 6) is -0.743. The lowest BCUT2D eigenvalue weighted by atomic mass is 9.89. The molecule has 0 spiro atoms. The van der Waals surface area contributed by atoms with E-state index in [1.807, 2.05) is 26.5 Å². The van der Waals surface area contributed by atoms with Gasteiger partial charge in [0.1, 0.15) is 0 Å². The molecule has 0 aliphatic heterocycles. The van der Waals surface area contributed by atoms with Crippen LogP contribution in [0.3, 0.4) is 0 Å². The first-order valence-electron chi connectivity index (χ1n) is 5.71. The smallest absolute Gasteiger partial charge is 0.309 e. The maximum Gasteiger partial charge on any atom is 0.309 e. The van der Waals surface area contributed by atoms with Gasteiger partial charge in [0.25, 0.3) is 0 Å². The number of carboxylic acids is 1. The van der Waals surface area contributed by atoms with Crippen LogP contribution in [0.1, 0.15) is 25.8 Å². The van der Waals surface area contributed by atoms with Gasteiger partial charge in [0.15, 0.2) is 0 Å². The Bertz CT molecular complexity index is 385. The van der Waals surface area contributed by atoms with Crippen molar-refractivity contribution in [3.8, 4) is 0 Å². The molecule has 96 valence electrons. The summed E-state index contributed by atoms with van der Waals surface area (Å²) in [6.07, 6.45) is 4.44. The van der Waals surface area contributed by atoms with Gasteiger partial charge in [-0.1, -0.05) is 0 Å². The molecular formula is C12H21N3O2. The van der Waals surface area contributed by atoms with Gasteiger partial charge in [-0.15, -0.1) is 0 Å². The average molecular weight is 239 g/mol. The second-order valence-electron chi connectivity index (χ2n) is 5.20. The maximum atomic E-state index is 11.0. The number of aliphatic carboxylic acids is 1. The van der Waals surface area contributed by atoms with Gasteiger partial charge in [-0.3, -0.25) is 9.48 Å². The summed E-state index contributed by atoms with van der Waals surface area (Å²) < 4.78 is 1.77. The van der Waals surface area contributed by atoms with Gasteiger partial charge >= 0.3 is 5.97 Å². The second-order valence-corrected chi connectivity index (χ2v) is 5.20. The van der Waals surface area contributed by atoms with Crippen LogP contribution in [0.5, 0.6) is 0 Å². The quantitative estimate of drug-likeness (QED) is 0.814. The third kappa shape index (κ3) is 4.19. The summed E-state index contributed by atoms with van der Waals surface area (Å²) in [5, 5.41) is 13.1. The average Bonchev–Trinajstić information content (AvgIpc) is 2.61. The van der Waals surface area contributed by atoms with Crippen molar-refractivity contribution in [2.45, 2.75) is 26.8 Å². The summed E-state index contributed by atoms with van der Waals surface area (Å²) in [6.45, 7) is 5.07. The fraction of sp³-hybridized carbons (Fsp3) is 0.667. The topological polar surface area (TPSA) is 58.4 Å². The minimum absolute atomic E-state index is 0.638. The maximum absolute atomic E-state index is 11.0. The van der Waals surface area contributed by atoms with Crippen LogP contribution in [0.4, 0.5) is 0 Å². The highest BCUT2D eigenvalue weighted by Crippen LogP contribution is 2.20. The molecule has 0 saturated heterocycles. The van der Waals surface area contributed by atoms with E-state index >= 15 is 0 Å². The van der Waals surface area contributed by atoms with E-state index in [0.717, 1.165) is 18.7 Å². The first-order valence-corrected chi connectivity index (χ1v) is 5.71. The molecule has 0 radical (unpaired) electrons. The Hall–Kier alpha value is -1.36. The minimum atomic E-state index is -0.743. The van der Waals surface area contributed by atoms with Gasteiger partial charge in [-0.05, 0) is 33.9 Å². The Labute approximate surface area is 102 Å². The summed E-state index contributed by atoms with van der Waals surface area (Å²) >= 11 is 0. The fourth-order valence-electron chi connectivity index (χ4n) is 1.52. The van der Waals surface area contributed by atoms with E-state index in [1.54, 1.807) is 18.5 Å². The standard InChI is InChI=1S/C12H21N3O2/c1-12(2,11(16)17)5-6-14(3)8-10-7-13-15(4)9-10/h7,9H,5-6,8H2,1-4H3,(H,16,17). The zero-order valence-corrected chi connectivity index (χ0v) is 11.0. The molecule has 0 aromatic carbocycles. The molecule has 1 N–H and O–H groups in total. The van der Waals surface area contributed by atoms with Gasteiger partial charge < -0.3 is 10.0 Å². The molecule has 1 aromatic rings. The van der Waals surface area contributed by atoms with Crippen molar-refractivity contribution in [2.24, 2.45) is 12.5 Å². The van der Waals surface area contributed by atoms with E-state index in [2.05, 4.69) is 10.00 Å². The molecule has 5 nitrogen and oxygen atoms in total. The van der Waals surface area contributed by atoms with Gasteiger partial charge in [0.05, 0.1) is 11.6 Å². The van der Waals surface area contributed by atoms with E-state index in [0.29, 0.717) is 6.42 Å². The Morgan fingerprint density at radius 3 is 2.71 bits per heavy atom. The molecule has 5 heteroatoms. The fourth-order valence-corrected chi connectivity index (χ4v) is 1.52. The molecule has 0 bridgehead atoms. The van der Waals surface area contributed by atoms with Crippen LogP contribution < -0.4 is 0 Å². The van der Waals surface area contributed by atoms with Crippen LogP contribution >= 0.6 is 0 Å². The van der Waals surface area contributed by atoms with Crippen molar-refractivity contribution < 1.29 is 9.90 Å². The monoisotopic (exact) mass is 239 g/mol. The molecule has 1 aromatic heterocycles. The number of hydrogen-bond donors (Lipinski definition) is 1. The van der Waals surface area contributed by atoms with Crippen molar-refractivity contribution >= 4 is 5.97 Å². The largest absolute Gasteiger partial charge is 0.481 e. The molecule has 1 heterocycles. The minimum Gasteiger partial charge on any atom is -0.481 e. The zero-order valence-electron chi connectivity index (χ0n) is 11.0. The summed E-state index contributed by atoms with van der Waals surface area (Å²) in [6, 6.07) is 0. The number of carboxylic acid groups (broad SMARTS) is 1. The molecule has 0 atom stereocenters. The number of aryl methyl sites for hydroxylation is 1. The Balaban J connectivity index is 2.40. The highest BCUT2D eigenvalue weighted by Gasteiger charge is 2.26. The third-order valence-electron chi connectivity index (χ3n) is 2.91. The van der Waals surface area contributed by atoms with Gasteiger partial charge in [-0.2, -0.15) is 5.10 Å². The van der Waals surface area contributed by atoms with E-state index in [4.69, 9.17) is 5.11 Å². The van der Waals surface area contributed by atoms with E-state index in [9.17, 15) is 4.79 Å². The molecule has 0 fully saturated rings. The van der Waals surface area contributed by atoms with Crippen molar-refractivity contribution in [1.82, 2.24) is 14.7 Å². The molecule has 0 unspecified atom stereocenters. The molecule has 0 amide bonds. The number of carbonyl (C=O) groups is 1. The predicted molar refractivity (Wildman–Crippen MR) is 65.6 cm³/mol. The van der Waals surface area contributed by atoms with E-state index < -0.39 is 11.4 Å². The highest BCUT2D eigenvalue weighted by atomic mass is 16.4. The number of aromatic nitrogens is 2. The first-order chi connectivity index (χ1) is 7.81. The molecule has 1 rings (SSSR count). The van der Waals surface area contributed by atoms with Crippen molar-refractivity contribution in [2.75, 3.05) is 13.6 Å². The second kappa shape index (κ2) is 5.31. The van der Waals surface area contributed by atoms with E-state index in [-0.39, 0.29) is 0 Å². The number of nitrogens with zero attached hydrogens (tertiary/aromatic N) is 3. The van der Waals surface area contributed by atoms with Gasteiger partial charge in [-0.25, -0.2) is 0 Å². The first kappa shape index (κ1) is 13.7. The Morgan fingerprint density at radius 1 is 1.59 bits per heavy atom. The summed E-state index contributed by atoms with van der Waals surface area (Å²) in [5.41, 5.74) is 0.478. The van der Waals surface area contributed by atoms with Crippen LogP contribution in [-0.2, 0) is 18.4 Å². The highest BCUT2D eigenvalue weighted by molar-refractivity contribution is 5.73. The van der Waals surface area contributed by atoms with Crippen LogP contribution in [0, 0.1) is 5.41 Å². The third-order valence-corrected chi connectivity index (χ3v) is 2.91. The zero-order chi connectivity index (χ0) is 13.1. The lowest BCUT2D eigenvalue weighted by Gasteiger charge is -2.23. The lowest BCUT2D eigenvalue weighted by molar-refractivity contribution is -0.147. The van der Waals surface area contributed by atoms with Crippen molar-refractivity contribution in [1.29, 1.82) is 0 Å². The van der Waals surface area contributed by atoms with E-state index in [1.165, 1.54) is 0 Å². The number of rotatable bonds is 6. The lowest BCUT2D eigenvalue weighted by Crippen LogP contribution is -2.29. The normalized spacial score (nSPS) is 12.1. The molecule has 17 heavy (non-hydrogen) atoms. The SMILES string of the molecule is CN(CCC(C)(C)C(=O)O)Cc1cnn(C)c1. The van der Waals surface area contributed by atoms with Crippen molar-refractivity contribution in [3.63, 3.8) is 0 Å². The van der Waals surface area contributed by atoms with Crippen LogP contribution in [0.15, 0.2) is 12.4 Å². The molecule has 0 aliphatic rings. The van der Waals surface area contributed by atoms with Crippen LogP contribution in [-0.4, -0.2) is 39.3 Å². The van der Waals surface area contributed by atoms with Crippen molar-refractivity contribution in [3.05, 3.63) is 18.0 Å². The van der Waals surface area contributed by atoms with Gasteiger partial charge in [0.2, 0.25) is 0 Å². The van der Waals surface area contributed by atoms with Crippen LogP contribution in [0.25, 0.3) is 0 Å². The summed E-state index contributed by atoms with van der Waals surface area (Å²) in [4.78, 5) is 13.1.